The smallest absolute Gasteiger partial charge is 0.338 e. The van der Waals surface area contributed by atoms with E-state index >= 15 is 0 Å². The van der Waals surface area contributed by atoms with Crippen molar-refractivity contribution in [3.8, 4) is 0 Å². The second-order valence-corrected chi connectivity index (χ2v) is 4.29. The lowest BCUT2D eigenvalue weighted by Crippen LogP contribution is -2.35. The highest BCUT2D eigenvalue weighted by Gasteiger charge is 2.25. The lowest BCUT2D eigenvalue weighted by Gasteiger charge is -2.28. The lowest BCUT2D eigenvalue weighted by molar-refractivity contribution is -0.0477. The highest BCUT2D eigenvalue weighted by atomic mass is 16.6. The Balaban J connectivity index is 1.92. The van der Waals surface area contributed by atoms with Crippen molar-refractivity contribution in [3.05, 3.63) is 48.0 Å². The molecule has 0 radical (unpaired) electrons. The molecule has 2 rings (SSSR count). The Kier molecular flexibility index (Phi) is 3.59. The predicted octanol–water partition coefficient (Wildman–Crippen LogP) is 2.58. The van der Waals surface area contributed by atoms with Gasteiger partial charge in [-0.3, -0.25) is 0 Å². The predicted molar refractivity (Wildman–Crippen MR) is 64.8 cm³/mol. The summed E-state index contributed by atoms with van der Waals surface area (Å²) in [5.74, 6) is -0.311. The molecule has 1 unspecified atom stereocenters. The largest absolute Gasteiger partial charge is 0.459 e. The molecule has 0 aliphatic carbocycles. The van der Waals surface area contributed by atoms with Gasteiger partial charge in [-0.2, -0.15) is 0 Å². The van der Waals surface area contributed by atoms with E-state index in [-0.39, 0.29) is 12.6 Å². The van der Waals surface area contributed by atoms with Gasteiger partial charge in [0.1, 0.15) is 12.2 Å². The SMILES string of the molecule is CC1(COC(=O)c2ccccc2)C=CCCO1. The fourth-order valence-electron chi connectivity index (χ4n) is 1.70. The number of hydrogen-bond donors (Lipinski definition) is 0. The van der Waals surface area contributed by atoms with Crippen LogP contribution < -0.4 is 0 Å². The van der Waals surface area contributed by atoms with Crippen molar-refractivity contribution < 1.29 is 14.3 Å². The van der Waals surface area contributed by atoms with Crippen molar-refractivity contribution in [1.82, 2.24) is 0 Å². The van der Waals surface area contributed by atoms with E-state index in [1.165, 1.54) is 0 Å². The van der Waals surface area contributed by atoms with Gasteiger partial charge in [0.15, 0.2) is 0 Å². The third-order valence-corrected chi connectivity index (χ3v) is 2.69. The molecule has 1 aliphatic heterocycles. The van der Waals surface area contributed by atoms with E-state index in [2.05, 4.69) is 6.08 Å². The minimum Gasteiger partial charge on any atom is -0.459 e. The van der Waals surface area contributed by atoms with Gasteiger partial charge in [0.05, 0.1) is 12.2 Å². The zero-order valence-corrected chi connectivity index (χ0v) is 9.89. The number of carbonyl (C=O) groups excluding carboxylic acids is 1. The van der Waals surface area contributed by atoms with Gasteiger partial charge in [0.25, 0.3) is 0 Å². The molecule has 1 heterocycles. The lowest BCUT2D eigenvalue weighted by atomic mass is 10.1. The molecule has 0 bridgehead atoms. The van der Waals surface area contributed by atoms with Crippen LogP contribution in [0.1, 0.15) is 23.7 Å². The maximum Gasteiger partial charge on any atom is 0.338 e. The molecule has 0 saturated carbocycles. The van der Waals surface area contributed by atoms with E-state index in [1.807, 2.05) is 31.2 Å². The van der Waals surface area contributed by atoms with E-state index in [4.69, 9.17) is 9.47 Å². The van der Waals surface area contributed by atoms with Gasteiger partial charge in [0, 0.05) is 0 Å². The minimum atomic E-state index is -0.483. The van der Waals surface area contributed by atoms with Gasteiger partial charge in [-0.1, -0.05) is 30.4 Å². The number of rotatable bonds is 3. The van der Waals surface area contributed by atoms with Crippen LogP contribution in [-0.2, 0) is 9.47 Å². The Morgan fingerprint density at radius 2 is 2.18 bits per heavy atom. The van der Waals surface area contributed by atoms with Crippen molar-refractivity contribution in [1.29, 1.82) is 0 Å². The monoisotopic (exact) mass is 232 g/mol. The zero-order chi connectivity index (χ0) is 12.1. The van der Waals surface area contributed by atoms with Crippen LogP contribution in [0.4, 0.5) is 0 Å². The first-order valence-electron chi connectivity index (χ1n) is 5.73. The zero-order valence-electron chi connectivity index (χ0n) is 9.89. The first-order chi connectivity index (χ1) is 8.20. The number of hydrogen-bond acceptors (Lipinski definition) is 3. The van der Waals surface area contributed by atoms with Crippen LogP contribution >= 0.6 is 0 Å². The van der Waals surface area contributed by atoms with Crippen LogP contribution in [0.15, 0.2) is 42.5 Å². The molecule has 3 nitrogen and oxygen atoms in total. The third-order valence-electron chi connectivity index (χ3n) is 2.69. The van der Waals surface area contributed by atoms with E-state index in [1.54, 1.807) is 12.1 Å². The fourth-order valence-corrected chi connectivity index (χ4v) is 1.70. The average Bonchev–Trinajstić information content (AvgIpc) is 2.38. The first kappa shape index (κ1) is 11.9. The summed E-state index contributed by atoms with van der Waals surface area (Å²) in [5, 5.41) is 0. The summed E-state index contributed by atoms with van der Waals surface area (Å²) < 4.78 is 10.8. The Morgan fingerprint density at radius 3 is 2.82 bits per heavy atom. The molecule has 0 N–H and O–H groups in total. The number of ether oxygens (including phenoxy) is 2. The molecule has 0 aromatic heterocycles. The molecule has 1 aromatic rings. The van der Waals surface area contributed by atoms with Crippen molar-refractivity contribution in [2.75, 3.05) is 13.2 Å². The molecule has 1 aliphatic rings. The van der Waals surface area contributed by atoms with E-state index in [0.29, 0.717) is 12.2 Å². The van der Waals surface area contributed by atoms with Crippen LogP contribution in [-0.4, -0.2) is 24.8 Å². The van der Waals surface area contributed by atoms with Crippen LogP contribution in [0.5, 0.6) is 0 Å². The summed E-state index contributed by atoms with van der Waals surface area (Å²) in [7, 11) is 0. The highest BCUT2D eigenvalue weighted by molar-refractivity contribution is 5.89. The van der Waals surface area contributed by atoms with Gasteiger partial charge in [-0.25, -0.2) is 4.79 Å². The normalized spacial score (nSPS) is 23.4. The van der Waals surface area contributed by atoms with Crippen molar-refractivity contribution in [2.24, 2.45) is 0 Å². The number of carbonyl (C=O) groups is 1. The van der Waals surface area contributed by atoms with Gasteiger partial charge in [-0.05, 0) is 25.5 Å². The second kappa shape index (κ2) is 5.15. The summed E-state index contributed by atoms with van der Waals surface area (Å²) in [4.78, 5) is 11.7. The van der Waals surface area contributed by atoms with Crippen molar-refractivity contribution in [2.45, 2.75) is 18.9 Å². The van der Waals surface area contributed by atoms with Gasteiger partial charge in [0.2, 0.25) is 0 Å². The van der Waals surface area contributed by atoms with Crippen molar-refractivity contribution in [3.63, 3.8) is 0 Å². The first-order valence-corrected chi connectivity index (χ1v) is 5.73. The highest BCUT2D eigenvalue weighted by Crippen LogP contribution is 2.18. The molecule has 0 amide bonds. The van der Waals surface area contributed by atoms with Crippen LogP contribution in [0, 0.1) is 0 Å². The molecular formula is C14H16O3. The second-order valence-electron chi connectivity index (χ2n) is 4.29. The van der Waals surface area contributed by atoms with E-state index in [0.717, 1.165) is 6.42 Å². The molecule has 1 atom stereocenters. The van der Waals surface area contributed by atoms with E-state index in [9.17, 15) is 4.79 Å². The molecule has 0 fully saturated rings. The maximum absolute atomic E-state index is 11.7. The summed E-state index contributed by atoms with van der Waals surface area (Å²) in [6.07, 6.45) is 4.93. The third kappa shape index (κ3) is 3.17. The molecular weight excluding hydrogens is 216 g/mol. The van der Waals surface area contributed by atoms with E-state index < -0.39 is 5.60 Å². The molecule has 1 aromatic carbocycles. The number of esters is 1. The number of benzene rings is 1. The Bertz CT molecular complexity index is 411. The summed E-state index contributed by atoms with van der Waals surface area (Å²) >= 11 is 0. The topological polar surface area (TPSA) is 35.5 Å². The fraction of sp³-hybridized carbons (Fsp3) is 0.357. The summed E-state index contributed by atoms with van der Waals surface area (Å²) in [6.45, 7) is 2.84. The Hall–Kier alpha value is -1.61. The molecule has 0 spiro atoms. The maximum atomic E-state index is 11.7. The Labute approximate surface area is 101 Å². The Morgan fingerprint density at radius 1 is 1.41 bits per heavy atom. The van der Waals surface area contributed by atoms with Crippen LogP contribution in [0.2, 0.25) is 0 Å². The van der Waals surface area contributed by atoms with Gasteiger partial charge >= 0.3 is 5.97 Å². The quantitative estimate of drug-likeness (QED) is 0.593. The standard InChI is InChI=1S/C14H16O3/c1-14(9-5-6-10-17-14)11-16-13(15)12-7-3-2-4-8-12/h2-5,7-9H,6,10-11H2,1H3. The molecule has 90 valence electrons. The molecule has 3 heteroatoms. The molecule has 17 heavy (non-hydrogen) atoms. The summed E-state index contributed by atoms with van der Waals surface area (Å²) in [6, 6.07) is 8.97. The van der Waals surface area contributed by atoms with Gasteiger partial charge < -0.3 is 9.47 Å². The van der Waals surface area contributed by atoms with Crippen LogP contribution in [0.3, 0.4) is 0 Å². The van der Waals surface area contributed by atoms with Crippen molar-refractivity contribution >= 4 is 5.97 Å². The summed E-state index contributed by atoms with van der Waals surface area (Å²) in [5.41, 5.74) is 0.0822. The molecule has 0 saturated heterocycles. The van der Waals surface area contributed by atoms with Gasteiger partial charge in [-0.15, -0.1) is 0 Å². The average molecular weight is 232 g/mol. The van der Waals surface area contributed by atoms with Crippen LogP contribution in [0.25, 0.3) is 0 Å². The minimum absolute atomic E-state index is 0.247.